The summed E-state index contributed by atoms with van der Waals surface area (Å²) >= 11 is 4.42. The zero-order chi connectivity index (χ0) is 14.0. The van der Waals surface area contributed by atoms with Crippen molar-refractivity contribution in [3.63, 3.8) is 0 Å². The van der Waals surface area contributed by atoms with Gasteiger partial charge in [0.2, 0.25) is 0 Å². The smallest absolute Gasteiger partial charge is 0.358 e. The summed E-state index contributed by atoms with van der Waals surface area (Å²) in [6.07, 6.45) is 1.50. The lowest BCUT2D eigenvalue weighted by Crippen LogP contribution is -2.09. The number of esters is 1. The van der Waals surface area contributed by atoms with Gasteiger partial charge in [-0.25, -0.2) is 9.78 Å². The number of rotatable bonds is 4. The minimum Gasteiger partial charge on any atom is -0.461 e. The van der Waals surface area contributed by atoms with Gasteiger partial charge in [0.25, 0.3) is 0 Å². The number of thiazole rings is 1. The van der Waals surface area contributed by atoms with Crippen molar-refractivity contribution < 1.29 is 18.7 Å². The number of hydrogen-bond donors (Lipinski definition) is 0. The van der Waals surface area contributed by atoms with Gasteiger partial charge >= 0.3 is 5.97 Å². The number of carbonyl (C=O) groups is 2. The highest BCUT2D eigenvalue weighted by atomic mass is 79.9. The summed E-state index contributed by atoms with van der Waals surface area (Å²) in [6.45, 7) is 3.31. The quantitative estimate of drug-likeness (QED) is 0.627. The molecule has 2 rings (SSSR count). The second-order valence-electron chi connectivity index (χ2n) is 3.57. The Balaban J connectivity index is 2.49. The van der Waals surface area contributed by atoms with Crippen LogP contribution in [0.15, 0.2) is 21.2 Å². The van der Waals surface area contributed by atoms with Crippen LogP contribution in [-0.2, 0) is 4.74 Å². The summed E-state index contributed by atoms with van der Waals surface area (Å²) in [6, 6.07) is 1.72. The highest BCUT2D eigenvalue weighted by Crippen LogP contribution is 2.34. The van der Waals surface area contributed by atoms with Gasteiger partial charge in [0.1, 0.15) is 4.88 Å². The fourth-order valence-corrected chi connectivity index (χ4v) is 2.91. The van der Waals surface area contributed by atoms with Crippen LogP contribution in [0.4, 0.5) is 0 Å². The van der Waals surface area contributed by atoms with Gasteiger partial charge in [0, 0.05) is 6.92 Å². The van der Waals surface area contributed by atoms with Gasteiger partial charge in [-0.05, 0) is 28.9 Å². The lowest BCUT2D eigenvalue weighted by molar-refractivity contribution is 0.0517. The molecule has 0 aliphatic heterocycles. The van der Waals surface area contributed by atoms with Crippen LogP contribution in [0.1, 0.15) is 34.0 Å². The molecule has 0 bridgehead atoms. The first kappa shape index (κ1) is 14.0. The third-order valence-corrected chi connectivity index (χ3v) is 4.01. The van der Waals surface area contributed by atoms with Crippen LogP contribution in [0.25, 0.3) is 10.8 Å². The molecule has 19 heavy (non-hydrogen) atoms. The van der Waals surface area contributed by atoms with Gasteiger partial charge in [0.05, 0.1) is 17.3 Å². The Labute approximate surface area is 121 Å². The Morgan fingerprint density at radius 2 is 2.26 bits per heavy atom. The summed E-state index contributed by atoms with van der Waals surface area (Å²) in [7, 11) is 0. The average molecular weight is 344 g/mol. The first-order valence-corrected chi connectivity index (χ1v) is 7.07. The number of ether oxygens (including phenoxy) is 1. The Bertz CT molecular complexity index is 631. The summed E-state index contributed by atoms with van der Waals surface area (Å²) in [5.74, 6) is -0.338. The highest BCUT2D eigenvalue weighted by Gasteiger charge is 2.24. The molecule has 0 aromatic carbocycles. The summed E-state index contributed by atoms with van der Waals surface area (Å²) in [5.41, 5.74) is 0.0395. The molecule has 0 radical (unpaired) electrons. The number of furan rings is 1. The van der Waals surface area contributed by atoms with Crippen LogP contribution < -0.4 is 0 Å². The number of aromatic nitrogens is 1. The molecule has 0 spiro atoms. The normalized spacial score (nSPS) is 10.5. The van der Waals surface area contributed by atoms with E-state index in [2.05, 4.69) is 20.9 Å². The molecule has 0 saturated carbocycles. The highest BCUT2D eigenvalue weighted by molar-refractivity contribution is 9.10. The molecule has 0 aliphatic carbocycles. The van der Waals surface area contributed by atoms with Crippen molar-refractivity contribution >= 4 is 39.0 Å². The van der Waals surface area contributed by atoms with Crippen molar-refractivity contribution in [1.29, 1.82) is 0 Å². The molecule has 0 aliphatic rings. The minimum atomic E-state index is -0.599. The van der Waals surface area contributed by atoms with Gasteiger partial charge in [0.15, 0.2) is 22.2 Å². The molecule has 0 N–H and O–H groups in total. The lowest BCUT2D eigenvalue weighted by atomic mass is 10.3. The largest absolute Gasteiger partial charge is 0.461 e. The fourth-order valence-electron chi connectivity index (χ4n) is 1.44. The van der Waals surface area contributed by atoms with Crippen molar-refractivity contribution in [2.45, 2.75) is 13.8 Å². The topological polar surface area (TPSA) is 69.4 Å². The van der Waals surface area contributed by atoms with E-state index in [1.54, 1.807) is 13.0 Å². The lowest BCUT2D eigenvalue weighted by Gasteiger charge is -1.98. The second kappa shape index (κ2) is 5.66. The van der Waals surface area contributed by atoms with Crippen molar-refractivity contribution in [3.05, 3.63) is 27.4 Å². The van der Waals surface area contributed by atoms with E-state index in [0.29, 0.717) is 15.2 Å². The molecule has 2 heterocycles. The van der Waals surface area contributed by atoms with Crippen LogP contribution >= 0.6 is 27.3 Å². The molecular weight excluding hydrogens is 334 g/mol. The van der Waals surface area contributed by atoms with E-state index in [9.17, 15) is 9.59 Å². The van der Waals surface area contributed by atoms with Crippen molar-refractivity contribution in [2.24, 2.45) is 0 Å². The first-order valence-electron chi connectivity index (χ1n) is 5.46. The van der Waals surface area contributed by atoms with Gasteiger partial charge in [-0.2, -0.15) is 0 Å². The standard InChI is InChI=1S/C12H10BrNO4S/c1-3-17-12(16)8-10(6(2)15)19-11(14-8)9-7(13)4-5-18-9/h4-5H,3H2,1-2H3. The van der Waals surface area contributed by atoms with Gasteiger partial charge in [-0.15, -0.1) is 11.3 Å². The number of carbonyl (C=O) groups excluding carboxylic acids is 2. The molecule has 2 aromatic rings. The third-order valence-electron chi connectivity index (χ3n) is 2.23. The predicted octanol–water partition coefficient (Wildman–Crippen LogP) is 3.54. The average Bonchev–Trinajstić information content (AvgIpc) is 2.94. The fraction of sp³-hybridized carbons (Fsp3) is 0.250. The van der Waals surface area contributed by atoms with Gasteiger partial charge in [-0.3, -0.25) is 4.79 Å². The number of Topliss-reactive ketones (excluding diaryl/α,β-unsaturated/α-hetero) is 1. The number of ketones is 1. The molecule has 7 heteroatoms. The maximum absolute atomic E-state index is 11.8. The van der Waals surface area contributed by atoms with E-state index in [1.807, 2.05) is 0 Å². The van der Waals surface area contributed by atoms with Crippen molar-refractivity contribution in [3.8, 4) is 10.8 Å². The van der Waals surface area contributed by atoms with E-state index >= 15 is 0 Å². The predicted molar refractivity (Wildman–Crippen MR) is 73.5 cm³/mol. The van der Waals surface area contributed by atoms with E-state index < -0.39 is 5.97 Å². The molecule has 0 fully saturated rings. The van der Waals surface area contributed by atoms with Crippen LogP contribution in [0.5, 0.6) is 0 Å². The third kappa shape index (κ3) is 2.76. The molecule has 100 valence electrons. The summed E-state index contributed by atoms with van der Waals surface area (Å²) in [4.78, 5) is 27.8. The first-order chi connectivity index (χ1) is 9.04. The zero-order valence-corrected chi connectivity index (χ0v) is 12.6. The second-order valence-corrected chi connectivity index (χ2v) is 5.42. The number of halogens is 1. The molecule has 0 amide bonds. The van der Waals surface area contributed by atoms with Crippen LogP contribution in [0.2, 0.25) is 0 Å². The summed E-state index contributed by atoms with van der Waals surface area (Å²) < 4.78 is 10.9. The van der Waals surface area contributed by atoms with Crippen molar-refractivity contribution in [2.75, 3.05) is 6.61 Å². The Morgan fingerprint density at radius 1 is 1.53 bits per heavy atom. The Kier molecular flexibility index (Phi) is 4.16. The Morgan fingerprint density at radius 3 is 2.79 bits per heavy atom. The zero-order valence-electron chi connectivity index (χ0n) is 10.2. The van der Waals surface area contributed by atoms with Gasteiger partial charge < -0.3 is 9.15 Å². The molecule has 0 atom stereocenters. The molecule has 0 saturated heterocycles. The van der Waals surface area contributed by atoms with E-state index in [0.717, 1.165) is 11.3 Å². The van der Waals surface area contributed by atoms with Gasteiger partial charge in [-0.1, -0.05) is 0 Å². The maximum Gasteiger partial charge on any atom is 0.358 e. The SMILES string of the molecule is CCOC(=O)c1nc(-c2occc2Br)sc1C(C)=O. The molecular formula is C12H10BrNO4S. The van der Waals surface area contributed by atoms with Crippen LogP contribution in [0.3, 0.4) is 0 Å². The number of nitrogens with zero attached hydrogens (tertiary/aromatic N) is 1. The summed E-state index contributed by atoms with van der Waals surface area (Å²) in [5, 5.41) is 0.463. The minimum absolute atomic E-state index is 0.0395. The van der Waals surface area contributed by atoms with E-state index in [4.69, 9.17) is 9.15 Å². The Hall–Kier alpha value is -1.47. The van der Waals surface area contributed by atoms with Crippen molar-refractivity contribution in [1.82, 2.24) is 4.98 Å². The molecule has 5 nitrogen and oxygen atoms in total. The number of hydrogen-bond acceptors (Lipinski definition) is 6. The van der Waals surface area contributed by atoms with Crippen LogP contribution in [0, 0.1) is 0 Å². The van der Waals surface area contributed by atoms with E-state index in [-0.39, 0.29) is 23.0 Å². The molecule has 0 unspecified atom stereocenters. The monoisotopic (exact) mass is 343 g/mol. The maximum atomic E-state index is 11.8. The van der Waals surface area contributed by atoms with Crippen LogP contribution in [-0.4, -0.2) is 23.3 Å². The van der Waals surface area contributed by atoms with E-state index in [1.165, 1.54) is 13.2 Å². The molecule has 2 aromatic heterocycles.